The molecule has 0 fully saturated rings. The maximum absolute atomic E-state index is 12.8. The van der Waals surface area contributed by atoms with Gasteiger partial charge in [0.15, 0.2) is 0 Å². The number of hydrogen-bond donors (Lipinski definition) is 1. The minimum Gasteiger partial charge on any atom is -0.324 e. The first kappa shape index (κ1) is 23.5. The van der Waals surface area contributed by atoms with Gasteiger partial charge in [0, 0.05) is 18.5 Å². The fourth-order valence-corrected chi connectivity index (χ4v) is 5.62. The highest BCUT2D eigenvalue weighted by Gasteiger charge is 2.22. The Morgan fingerprint density at radius 2 is 1.84 bits per heavy atom. The standard InChI is InChI=1S/C22H24ClN3O3S2/c1-4-26(5-2)31(28,29)16-10-11-19-17(13-16)15(3)12-22(25-19)30-14-21(27)24-20-9-7-6-8-18(20)23/h6-13H,4-5,14H2,1-3H3,(H,24,27). The Bertz CT molecular complexity index is 1210. The van der Waals surface area contributed by atoms with Crippen LogP contribution in [0, 0.1) is 6.92 Å². The van der Waals surface area contributed by atoms with Crippen LogP contribution in [0.15, 0.2) is 58.5 Å². The van der Waals surface area contributed by atoms with Gasteiger partial charge in [-0.05, 0) is 48.9 Å². The molecule has 0 aliphatic rings. The molecule has 1 amide bonds. The summed E-state index contributed by atoms with van der Waals surface area (Å²) in [4.78, 5) is 17.1. The molecule has 0 aliphatic heterocycles. The number of benzene rings is 2. The SMILES string of the molecule is CCN(CC)S(=O)(=O)c1ccc2nc(SCC(=O)Nc3ccccc3Cl)cc(C)c2c1. The second kappa shape index (κ2) is 9.99. The summed E-state index contributed by atoms with van der Waals surface area (Å²) < 4.78 is 27.1. The average molecular weight is 478 g/mol. The first-order valence-electron chi connectivity index (χ1n) is 9.85. The second-order valence-electron chi connectivity index (χ2n) is 6.86. The van der Waals surface area contributed by atoms with Gasteiger partial charge in [0.25, 0.3) is 0 Å². The van der Waals surface area contributed by atoms with Crippen molar-refractivity contribution in [3.8, 4) is 0 Å². The average Bonchev–Trinajstić information content (AvgIpc) is 2.74. The number of hydrogen-bond acceptors (Lipinski definition) is 5. The van der Waals surface area contributed by atoms with Gasteiger partial charge < -0.3 is 5.32 Å². The van der Waals surface area contributed by atoms with E-state index in [-0.39, 0.29) is 16.6 Å². The first-order valence-corrected chi connectivity index (χ1v) is 12.6. The van der Waals surface area contributed by atoms with Crippen LogP contribution in [-0.4, -0.2) is 42.5 Å². The summed E-state index contributed by atoms with van der Waals surface area (Å²) in [6.07, 6.45) is 0. The molecule has 3 aromatic rings. The third kappa shape index (κ3) is 5.38. The number of anilines is 1. The van der Waals surface area contributed by atoms with E-state index >= 15 is 0 Å². The van der Waals surface area contributed by atoms with Crippen molar-refractivity contribution >= 4 is 55.9 Å². The zero-order valence-corrected chi connectivity index (χ0v) is 19.9. The summed E-state index contributed by atoms with van der Waals surface area (Å²) in [6, 6.07) is 13.9. The Kier molecular flexibility index (Phi) is 7.59. The van der Waals surface area contributed by atoms with Gasteiger partial charge in [0.05, 0.1) is 31.9 Å². The van der Waals surface area contributed by atoms with Crippen molar-refractivity contribution in [2.45, 2.75) is 30.7 Å². The van der Waals surface area contributed by atoms with Crippen LogP contribution in [0.2, 0.25) is 5.02 Å². The molecule has 0 unspecified atom stereocenters. The lowest BCUT2D eigenvalue weighted by Gasteiger charge is -2.19. The molecule has 164 valence electrons. The topological polar surface area (TPSA) is 79.4 Å². The Labute approximate surface area is 192 Å². The molecule has 0 aliphatic carbocycles. The van der Waals surface area contributed by atoms with Gasteiger partial charge in [-0.15, -0.1) is 0 Å². The third-order valence-electron chi connectivity index (χ3n) is 4.81. The lowest BCUT2D eigenvalue weighted by molar-refractivity contribution is -0.113. The van der Waals surface area contributed by atoms with Gasteiger partial charge in [-0.3, -0.25) is 4.79 Å². The lowest BCUT2D eigenvalue weighted by Crippen LogP contribution is -2.30. The molecule has 0 saturated heterocycles. The molecule has 3 rings (SSSR count). The highest BCUT2D eigenvalue weighted by Crippen LogP contribution is 2.27. The summed E-state index contributed by atoms with van der Waals surface area (Å²) in [5.74, 6) is -0.00395. The second-order valence-corrected chi connectivity index (χ2v) is 10.2. The van der Waals surface area contributed by atoms with Crippen LogP contribution in [0.4, 0.5) is 5.69 Å². The predicted molar refractivity (Wildman–Crippen MR) is 127 cm³/mol. The van der Waals surface area contributed by atoms with E-state index in [1.165, 1.54) is 16.1 Å². The zero-order valence-electron chi connectivity index (χ0n) is 17.6. The summed E-state index contributed by atoms with van der Waals surface area (Å²) in [7, 11) is -3.54. The van der Waals surface area contributed by atoms with Crippen molar-refractivity contribution in [2.24, 2.45) is 0 Å². The smallest absolute Gasteiger partial charge is 0.243 e. The molecule has 0 spiro atoms. The number of rotatable bonds is 8. The Hall–Kier alpha value is -2.13. The number of fused-ring (bicyclic) bond motifs is 1. The number of aromatic nitrogens is 1. The number of nitrogens with one attached hydrogen (secondary N) is 1. The van der Waals surface area contributed by atoms with Crippen LogP contribution >= 0.6 is 23.4 Å². The largest absolute Gasteiger partial charge is 0.324 e. The van der Waals surface area contributed by atoms with Crippen LogP contribution in [0.1, 0.15) is 19.4 Å². The van der Waals surface area contributed by atoms with Crippen LogP contribution in [-0.2, 0) is 14.8 Å². The number of thioether (sulfide) groups is 1. The summed E-state index contributed by atoms with van der Waals surface area (Å²) in [5.41, 5.74) is 2.16. The number of halogens is 1. The fraction of sp³-hybridized carbons (Fsp3) is 0.273. The van der Waals surface area contributed by atoms with E-state index in [0.717, 1.165) is 10.9 Å². The maximum atomic E-state index is 12.8. The number of amides is 1. The number of carbonyl (C=O) groups is 1. The number of pyridine rings is 1. The molecule has 0 bridgehead atoms. The van der Waals surface area contributed by atoms with Crippen molar-refractivity contribution in [2.75, 3.05) is 24.2 Å². The highest BCUT2D eigenvalue weighted by atomic mass is 35.5. The normalized spacial score (nSPS) is 11.8. The zero-order chi connectivity index (χ0) is 22.6. The maximum Gasteiger partial charge on any atom is 0.243 e. The van der Waals surface area contributed by atoms with Crippen molar-refractivity contribution in [3.05, 3.63) is 59.1 Å². The van der Waals surface area contributed by atoms with Crippen LogP contribution in [0.25, 0.3) is 10.9 Å². The van der Waals surface area contributed by atoms with E-state index in [1.54, 1.807) is 42.5 Å². The van der Waals surface area contributed by atoms with E-state index in [2.05, 4.69) is 10.3 Å². The van der Waals surface area contributed by atoms with Crippen molar-refractivity contribution < 1.29 is 13.2 Å². The van der Waals surface area contributed by atoms with Crippen molar-refractivity contribution in [3.63, 3.8) is 0 Å². The van der Waals surface area contributed by atoms with E-state index in [9.17, 15) is 13.2 Å². The first-order chi connectivity index (χ1) is 14.8. The van der Waals surface area contributed by atoms with Crippen LogP contribution in [0.3, 0.4) is 0 Å². The molecule has 1 aromatic heterocycles. The van der Waals surface area contributed by atoms with Gasteiger partial charge in [0.2, 0.25) is 15.9 Å². The van der Waals surface area contributed by atoms with Gasteiger partial charge >= 0.3 is 0 Å². The Balaban J connectivity index is 1.78. The summed E-state index contributed by atoms with van der Waals surface area (Å²) in [5, 5.41) is 4.74. The number of nitrogens with zero attached hydrogens (tertiary/aromatic N) is 2. The molecule has 31 heavy (non-hydrogen) atoms. The molecular formula is C22H24ClN3O3S2. The Morgan fingerprint density at radius 1 is 1.13 bits per heavy atom. The van der Waals surface area contributed by atoms with E-state index in [0.29, 0.717) is 34.3 Å². The van der Waals surface area contributed by atoms with Gasteiger partial charge in [-0.2, -0.15) is 4.31 Å². The minimum atomic E-state index is -3.54. The molecule has 2 aromatic carbocycles. The number of aryl methyl sites for hydroxylation is 1. The molecule has 0 saturated carbocycles. The van der Waals surface area contributed by atoms with E-state index in [1.807, 2.05) is 26.8 Å². The number of carbonyl (C=O) groups excluding carboxylic acids is 1. The summed E-state index contributed by atoms with van der Waals surface area (Å²) >= 11 is 7.39. The quantitative estimate of drug-likeness (QED) is 0.464. The van der Waals surface area contributed by atoms with Crippen molar-refractivity contribution in [1.82, 2.24) is 9.29 Å². The van der Waals surface area contributed by atoms with E-state index < -0.39 is 10.0 Å². The number of para-hydroxylation sites is 1. The monoisotopic (exact) mass is 477 g/mol. The minimum absolute atomic E-state index is 0.178. The summed E-state index contributed by atoms with van der Waals surface area (Å²) in [6.45, 7) is 6.38. The fourth-order valence-electron chi connectivity index (χ4n) is 3.18. The van der Waals surface area contributed by atoms with Gasteiger partial charge in [0.1, 0.15) is 0 Å². The van der Waals surface area contributed by atoms with Gasteiger partial charge in [-0.1, -0.05) is 49.3 Å². The van der Waals surface area contributed by atoms with E-state index in [4.69, 9.17) is 11.6 Å². The molecular weight excluding hydrogens is 454 g/mol. The molecule has 1 heterocycles. The molecule has 1 N–H and O–H groups in total. The molecule has 0 radical (unpaired) electrons. The van der Waals surface area contributed by atoms with Crippen LogP contribution in [0.5, 0.6) is 0 Å². The third-order valence-corrected chi connectivity index (χ3v) is 8.09. The Morgan fingerprint density at radius 3 is 2.52 bits per heavy atom. The lowest BCUT2D eigenvalue weighted by atomic mass is 10.1. The van der Waals surface area contributed by atoms with Gasteiger partial charge in [-0.25, -0.2) is 13.4 Å². The molecule has 0 atom stereocenters. The molecule has 6 nitrogen and oxygen atoms in total. The van der Waals surface area contributed by atoms with Crippen molar-refractivity contribution in [1.29, 1.82) is 0 Å². The van der Waals surface area contributed by atoms with Crippen LogP contribution < -0.4 is 5.32 Å². The highest BCUT2D eigenvalue weighted by molar-refractivity contribution is 7.99. The molecule has 9 heteroatoms. The number of sulfonamides is 1. The predicted octanol–water partition coefficient (Wildman–Crippen LogP) is 4.96.